The number of rotatable bonds is 8. The number of carbonyl (C=O) groups excluding carboxylic acids is 1. The highest BCUT2D eigenvalue weighted by atomic mass is 35.5. The van der Waals surface area contributed by atoms with Crippen LogP contribution in [0.5, 0.6) is 0 Å². The molecule has 8 nitrogen and oxygen atoms in total. The topological polar surface area (TPSA) is 113 Å². The van der Waals surface area contributed by atoms with Crippen LogP contribution in [0.4, 0.5) is 28.8 Å². The second-order valence-corrected chi connectivity index (χ2v) is 10.5. The number of halogens is 1. The van der Waals surface area contributed by atoms with E-state index in [1.807, 2.05) is 19.1 Å². The standard InChI is InChI=1S/C23H26ClN5O3S/c1-5-21(30)26-16-11-10-15(4)19(12-16)28-23-25-13-17(24)22(29-23)27-18-8-6-7-9-20(18)33(31,32)14(2)3/h6-14H,5H2,1-4H3,(H,26,30)(H2,25,27,28,29). The van der Waals surface area contributed by atoms with Crippen LogP contribution in [-0.4, -0.2) is 29.5 Å². The Morgan fingerprint density at radius 3 is 2.52 bits per heavy atom. The minimum absolute atomic E-state index is 0.0888. The van der Waals surface area contributed by atoms with Crippen molar-refractivity contribution >= 4 is 56.2 Å². The summed E-state index contributed by atoms with van der Waals surface area (Å²) >= 11 is 6.30. The predicted octanol–water partition coefficient (Wildman–Crippen LogP) is 5.46. The van der Waals surface area contributed by atoms with Gasteiger partial charge in [-0.3, -0.25) is 4.79 Å². The van der Waals surface area contributed by atoms with Crippen LogP contribution in [0.15, 0.2) is 53.6 Å². The van der Waals surface area contributed by atoms with Gasteiger partial charge in [0.25, 0.3) is 0 Å². The van der Waals surface area contributed by atoms with Gasteiger partial charge in [0, 0.05) is 17.8 Å². The molecule has 0 fully saturated rings. The maximum atomic E-state index is 12.8. The quantitative estimate of drug-likeness (QED) is 0.386. The van der Waals surface area contributed by atoms with Crippen molar-refractivity contribution in [2.24, 2.45) is 0 Å². The Morgan fingerprint density at radius 1 is 1.09 bits per heavy atom. The summed E-state index contributed by atoms with van der Waals surface area (Å²) in [6.07, 6.45) is 1.80. The number of para-hydroxylation sites is 1. The molecule has 3 N–H and O–H groups in total. The average molecular weight is 488 g/mol. The first kappa shape index (κ1) is 24.5. The van der Waals surface area contributed by atoms with Crippen molar-refractivity contribution < 1.29 is 13.2 Å². The van der Waals surface area contributed by atoms with Gasteiger partial charge >= 0.3 is 0 Å². The molecule has 3 aromatic rings. The number of nitrogens with zero attached hydrogens (tertiary/aromatic N) is 2. The van der Waals surface area contributed by atoms with Crippen LogP contribution >= 0.6 is 11.6 Å². The molecule has 0 atom stereocenters. The smallest absolute Gasteiger partial charge is 0.229 e. The molecule has 0 unspecified atom stereocenters. The van der Waals surface area contributed by atoms with Crippen LogP contribution in [0.3, 0.4) is 0 Å². The Labute approximate surface area is 198 Å². The fraction of sp³-hybridized carbons (Fsp3) is 0.261. The van der Waals surface area contributed by atoms with Gasteiger partial charge in [0.05, 0.1) is 22.0 Å². The van der Waals surface area contributed by atoms with Gasteiger partial charge in [-0.05, 0) is 50.6 Å². The summed E-state index contributed by atoms with van der Waals surface area (Å²) in [5.41, 5.74) is 2.65. The SMILES string of the molecule is CCC(=O)Nc1ccc(C)c(Nc2ncc(Cl)c(Nc3ccccc3S(=O)(=O)C(C)C)n2)c1. The van der Waals surface area contributed by atoms with Crippen molar-refractivity contribution in [1.82, 2.24) is 9.97 Å². The third-order valence-corrected chi connectivity index (χ3v) is 7.39. The summed E-state index contributed by atoms with van der Waals surface area (Å²) in [7, 11) is -3.52. The van der Waals surface area contributed by atoms with Crippen molar-refractivity contribution in [2.75, 3.05) is 16.0 Å². The van der Waals surface area contributed by atoms with Gasteiger partial charge in [0.15, 0.2) is 15.7 Å². The van der Waals surface area contributed by atoms with E-state index >= 15 is 0 Å². The third kappa shape index (κ3) is 5.80. The Kier molecular flexibility index (Phi) is 7.55. The Morgan fingerprint density at radius 2 is 1.82 bits per heavy atom. The average Bonchev–Trinajstić information content (AvgIpc) is 2.78. The van der Waals surface area contributed by atoms with E-state index in [0.29, 0.717) is 23.5 Å². The highest BCUT2D eigenvalue weighted by Gasteiger charge is 2.23. The number of aromatic nitrogens is 2. The van der Waals surface area contributed by atoms with Gasteiger partial charge < -0.3 is 16.0 Å². The van der Waals surface area contributed by atoms with E-state index in [2.05, 4.69) is 25.9 Å². The largest absolute Gasteiger partial charge is 0.338 e. The molecule has 1 amide bonds. The lowest BCUT2D eigenvalue weighted by atomic mass is 10.2. The lowest BCUT2D eigenvalue weighted by Crippen LogP contribution is -2.15. The number of nitrogens with one attached hydrogen (secondary N) is 3. The molecule has 10 heteroatoms. The second kappa shape index (κ2) is 10.2. The molecule has 0 bridgehead atoms. The molecule has 3 rings (SSSR count). The minimum atomic E-state index is -3.52. The van der Waals surface area contributed by atoms with E-state index in [9.17, 15) is 13.2 Å². The molecular formula is C23H26ClN5O3S. The Hall–Kier alpha value is -3.17. The fourth-order valence-electron chi connectivity index (χ4n) is 2.92. The van der Waals surface area contributed by atoms with E-state index in [1.165, 1.54) is 6.20 Å². The predicted molar refractivity (Wildman–Crippen MR) is 132 cm³/mol. The van der Waals surface area contributed by atoms with Crippen LogP contribution in [0.1, 0.15) is 32.8 Å². The zero-order chi connectivity index (χ0) is 24.2. The first-order valence-corrected chi connectivity index (χ1v) is 12.3. The maximum absolute atomic E-state index is 12.8. The van der Waals surface area contributed by atoms with Crippen LogP contribution in [-0.2, 0) is 14.6 Å². The number of carbonyl (C=O) groups is 1. The first-order valence-electron chi connectivity index (χ1n) is 10.4. The molecule has 0 saturated heterocycles. The third-order valence-electron chi connectivity index (χ3n) is 4.90. The highest BCUT2D eigenvalue weighted by molar-refractivity contribution is 7.92. The minimum Gasteiger partial charge on any atom is -0.338 e. The first-order chi connectivity index (χ1) is 15.6. The molecule has 0 saturated carbocycles. The summed E-state index contributed by atoms with van der Waals surface area (Å²) in [5, 5.41) is 8.63. The van der Waals surface area contributed by atoms with Crippen LogP contribution in [0, 0.1) is 6.92 Å². The summed E-state index contributed by atoms with van der Waals surface area (Å²) in [6, 6.07) is 12.1. The van der Waals surface area contributed by atoms with Gasteiger partial charge in [0.2, 0.25) is 11.9 Å². The number of hydrogen-bond donors (Lipinski definition) is 3. The van der Waals surface area contributed by atoms with Gasteiger partial charge in [-0.15, -0.1) is 0 Å². The molecule has 2 aromatic carbocycles. The van der Waals surface area contributed by atoms with E-state index in [0.717, 1.165) is 5.56 Å². The Balaban J connectivity index is 1.91. The monoisotopic (exact) mass is 487 g/mol. The van der Waals surface area contributed by atoms with Gasteiger partial charge in [-0.1, -0.05) is 36.7 Å². The van der Waals surface area contributed by atoms with Crippen LogP contribution in [0.2, 0.25) is 5.02 Å². The molecular weight excluding hydrogens is 462 g/mol. The van der Waals surface area contributed by atoms with Crippen molar-refractivity contribution in [1.29, 1.82) is 0 Å². The number of hydrogen-bond acceptors (Lipinski definition) is 7. The van der Waals surface area contributed by atoms with Crippen molar-refractivity contribution in [3.63, 3.8) is 0 Å². The van der Waals surface area contributed by atoms with Crippen LogP contribution < -0.4 is 16.0 Å². The number of aryl methyl sites for hydroxylation is 1. The van der Waals surface area contributed by atoms with Crippen molar-refractivity contribution in [3.05, 3.63) is 59.2 Å². The van der Waals surface area contributed by atoms with E-state index < -0.39 is 15.1 Å². The molecule has 0 aliphatic heterocycles. The van der Waals surface area contributed by atoms with E-state index in [1.54, 1.807) is 51.1 Å². The zero-order valence-corrected chi connectivity index (χ0v) is 20.4. The molecule has 0 spiro atoms. The summed E-state index contributed by atoms with van der Waals surface area (Å²) in [6.45, 7) is 6.95. The highest BCUT2D eigenvalue weighted by Crippen LogP contribution is 2.31. The molecule has 174 valence electrons. The maximum Gasteiger partial charge on any atom is 0.229 e. The molecule has 0 radical (unpaired) electrons. The summed E-state index contributed by atoms with van der Waals surface area (Å²) < 4.78 is 25.5. The zero-order valence-electron chi connectivity index (χ0n) is 18.8. The van der Waals surface area contributed by atoms with Gasteiger partial charge in [-0.25, -0.2) is 13.4 Å². The lowest BCUT2D eigenvalue weighted by Gasteiger charge is -2.16. The summed E-state index contributed by atoms with van der Waals surface area (Å²) in [4.78, 5) is 20.5. The van der Waals surface area contributed by atoms with E-state index in [-0.39, 0.29) is 27.6 Å². The van der Waals surface area contributed by atoms with Crippen molar-refractivity contribution in [2.45, 2.75) is 44.3 Å². The summed E-state index contributed by atoms with van der Waals surface area (Å²) in [5.74, 6) is 0.427. The van der Waals surface area contributed by atoms with Gasteiger partial charge in [0.1, 0.15) is 5.02 Å². The molecule has 0 aliphatic rings. The number of anilines is 5. The van der Waals surface area contributed by atoms with Crippen molar-refractivity contribution in [3.8, 4) is 0 Å². The Bertz CT molecular complexity index is 1280. The number of sulfone groups is 1. The molecule has 33 heavy (non-hydrogen) atoms. The van der Waals surface area contributed by atoms with Gasteiger partial charge in [-0.2, -0.15) is 4.98 Å². The molecule has 1 heterocycles. The molecule has 1 aromatic heterocycles. The second-order valence-electron chi connectivity index (χ2n) is 7.66. The number of benzene rings is 2. The lowest BCUT2D eigenvalue weighted by molar-refractivity contribution is -0.115. The molecule has 0 aliphatic carbocycles. The number of amides is 1. The fourth-order valence-corrected chi connectivity index (χ4v) is 4.26. The van der Waals surface area contributed by atoms with Crippen LogP contribution in [0.25, 0.3) is 0 Å². The normalized spacial score (nSPS) is 11.3. The van der Waals surface area contributed by atoms with E-state index in [4.69, 9.17) is 11.6 Å².